The van der Waals surface area contributed by atoms with Gasteiger partial charge in [0.2, 0.25) is 0 Å². The first kappa shape index (κ1) is 11.5. The lowest BCUT2D eigenvalue weighted by Crippen LogP contribution is -2.02. The van der Waals surface area contributed by atoms with E-state index >= 15 is 0 Å². The largest absolute Gasteiger partial charge is 0.478 e. The highest BCUT2D eigenvalue weighted by atomic mass is 16.5. The van der Waals surface area contributed by atoms with Gasteiger partial charge in [0.1, 0.15) is 5.76 Å². The Hall–Kier alpha value is -1.50. The van der Waals surface area contributed by atoms with Crippen LogP contribution in [0.3, 0.4) is 0 Å². The van der Waals surface area contributed by atoms with Crippen molar-refractivity contribution in [1.82, 2.24) is 0 Å². The number of carbonyl (C=O) groups is 1. The summed E-state index contributed by atoms with van der Waals surface area (Å²) in [6, 6.07) is 0. The van der Waals surface area contributed by atoms with Crippen molar-refractivity contribution in [2.45, 2.75) is 33.1 Å². The molecular formula is C9H13NO3. The van der Waals surface area contributed by atoms with Crippen LogP contribution in [0.15, 0.2) is 11.3 Å². The van der Waals surface area contributed by atoms with Crippen LogP contribution in [0.1, 0.15) is 33.1 Å². The van der Waals surface area contributed by atoms with Crippen LogP contribution in [0.5, 0.6) is 0 Å². The van der Waals surface area contributed by atoms with Gasteiger partial charge >= 0.3 is 5.97 Å². The average Bonchev–Trinajstić information content (AvgIpc) is 2.11. The van der Waals surface area contributed by atoms with E-state index in [0.29, 0.717) is 6.42 Å². The molecule has 0 spiro atoms. The molecule has 0 radical (unpaired) electrons. The van der Waals surface area contributed by atoms with E-state index in [0.717, 1.165) is 12.8 Å². The fourth-order valence-electron chi connectivity index (χ4n) is 0.827. The van der Waals surface area contributed by atoms with Gasteiger partial charge in [-0.1, -0.05) is 13.3 Å². The molecule has 1 N–H and O–H groups in total. The summed E-state index contributed by atoms with van der Waals surface area (Å²) in [5.41, 5.74) is 0.106. The molecule has 0 fully saturated rings. The lowest BCUT2D eigenvalue weighted by Gasteiger charge is -2.04. The van der Waals surface area contributed by atoms with Crippen molar-refractivity contribution in [3.8, 4) is 6.26 Å². The van der Waals surface area contributed by atoms with Gasteiger partial charge < -0.3 is 9.84 Å². The molecule has 4 heteroatoms. The van der Waals surface area contributed by atoms with E-state index in [1.165, 1.54) is 13.2 Å². The molecule has 0 amide bonds. The lowest BCUT2D eigenvalue weighted by atomic mass is 10.1. The minimum Gasteiger partial charge on any atom is -0.478 e. The lowest BCUT2D eigenvalue weighted by molar-refractivity contribution is -0.132. The number of rotatable bonds is 5. The minimum absolute atomic E-state index is 0.106. The van der Waals surface area contributed by atoms with Crippen molar-refractivity contribution < 1.29 is 14.6 Å². The van der Waals surface area contributed by atoms with Gasteiger partial charge in [0.15, 0.2) is 0 Å². The van der Waals surface area contributed by atoms with Crippen molar-refractivity contribution in [3.63, 3.8) is 0 Å². The van der Waals surface area contributed by atoms with E-state index in [1.807, 2.05) is 6.92 Å². The molecule has 0 unspecified atom stereocenters. The van der Waals surface area contributed by atoms with Crippen LogP contribution in [0.4, 0.5) is 0 Å². The fraction of sp³-hybridized carbons (Fsp3) is 0.556. The molecule has 4 nitrogen and oxygen atoms in total. The monoisotopic (exact) mass is 183 g/mol. The highest BCUT2D eigenvalue weighted by Gasteiger charge is 2.10. The molecular weight excluding hydrogens is 170 g/mol. The van der Waals surface area contributed by atoms with Crippen LogP contribution in [0, 0.1) is 11.5 Å². The van der Waals surface area contributed by atoms with Crippen LogP contribution in [0.25, 0.3) is 0 Å². The third-order valence-corrected chi connectivity index (χ3v) is 1.67. The highest BCUT2D eigenvalue weighted by Crippen LogP contribution is 2.13. The Labute approximate surface area is 77.4 Å². The second kappa shape index (κ2) is 6.06. The number of carboxylic acids is 1. The Bertz CT molecular complexity index is 250. The molecule has 0 aliphatic carbocycles. The SMILES string of the molecule is CCCC/C(OC#N)=C(/C)C(=O)O. The van der Waals surface area contributed by atoms with Gasteiger partial charge in [-0.3, -0.25) is 0 Å². The number of nitriles is 1. The van der Waals surface area contributed by atoms with E-state index in [2.05, 4.69) is 4.74 Å². The summed E-state index contributed by atoms with van der Waals surface area (Å²) in [5, 5.41) is 16.9. The first-order valence-electron chi connectivity index (χ1n) is 4.12. The number of hydrogen-bond acceptors (Lipinski definition) is 3. The van der Waals surface area contributed by atoms with Crippen LogP contribution < -0.4 is 0 Å². The van der Waals surface area contributed by atoms with Crippen LogP contribution in [-0.4, -0.2) is 11.1 Å². The molecule has 0 atom stereocenters. The number of nitrogens with zero attached hydrogens (tertiary/aromatic N) is 1. The predicted octanol–water partition coefficient (Wildman–Crippen LogP) is 2.03. The number of hydrogen-bond donors (Lipinski definition) is 1. The van der Waals surface area contributed by atoms with Gasteiger partial charge in [-0.25, -0.2) is 4.79 Å². The number of carboxylic acid groups (broad SMARTS) is 1. The van der Waals surface area contributed by atoms with Crippen molar-refractivity contribution in [3.05, 3.63) is 11.3 Å². The molecule has 0 aromatic rings. The van der Waals surface area contributed by atoms with Crippen LogP contribution in [0.2, 0.25) is 0 Å². The van der Waals surface area contributed by atoms with Gasteiger partial charge in [0.25, 0.3) is 6.26 Å². The molecule has 0 aromatic heterocycles. The maximum atomic E-state index is 10.5. The quantitative estimate of drug-likeness (QED) is 0.402. The Morgan fingerprint density at radius 2 is 2.23 bits per heavy atom. The molecule has 0 saturated heterocycles. The zero-order valence-corrected chi connectivity index (χ0v) is 7.83. The normalized spacial score (nSPS) is 11.5. The third-order valence-electron chi connectivity index (χ3n) is 1.67. The van der Waals surface area contributed by atoms with Gasteiger partial charge in [-0.2, -0.15) is 0 Å². The predicted molar refractivity (Wildman–Crippen MR) is 46.6 cm³/mol. The Morgan fingerprint density at radius 3 is 2.62 bits per heavy atom. The molecule has 13 heavy (non-hydrogen) atoms. The van der Waals surface area contributed by atoms with E-state index in [9.17, 15) is 4.79 Å². The Balaban J connectivity index is 4.48. The van der Waals surface area contributed by atoms with Crippen molar-refractivity contribution in [2.24, 2.45) is 0 Å². The molecule has 0 heterocycles. The Morgan fingerprint density at radius 1 is 1.62 bits per heavy atom. The van der Waals surface area contributed by atoms with Crippen molar-refractivity contribution in [1.29, 1.82) is 5.26 Å². The summed E-state index contributed by atoms with van der Waals surface area (Å²) in [6.07, 6.45) is 3.75. The summed E-state index contributed by atoms with van der Waals surface area (Å²) in [6.45, 7) is 3.42. The van der Waals surface area contributed by atoms with Gasteiger partial charge in [0, 0.05) is 6.42 Å². The second-order valence-electron chi connectivity index (χ2n) is 2.65. The van der Waals surface area contributed by atoms with Crippen LogP contribution >= 0.6 is 0 Å². The summed E-state index contributed by atoms with van der Waals surface area (Å²) in [5.74, 6) is -0.779. The van der Waals surface area contributed by atoms with Gasteiger partial charge in [-0.05, 0) is 13.3 Å². The minimum atomic E-state index is -1.04. The molecule has 0 aliphatic heterocycles. The summed E-state index contributed by atoms with van der Waals surface area (Å²) in [7, 11) is 0. The van der Waals surface area contributed by atoms with E-state index < -0.39 is 5.97 Å². The van der Waals surface area contributed by atoms with Crippen molar-refractivity contribution in [2.75, 3.05) is 0 Å². The standard InChI is InChI=1S/C9H13NO3/c1-3-4-5-8(13-6-10)7(2)9(11)12/h3-5H2,1-2H3,(H,11,12)/b8-7+. The van der Waals surface area contributed by atoms with E-state index in [-0.39, 0.29) is 11.3 Å². The Kier molecular flexibility index (Phi) is 5.37. The first-order chi connectivity index (χ1) is 6.13. The molecule has 0 aromatic carbocycles. The summed E-state index contributed by atoms with van der Waals surface area (Å²) in [4.78, 5) is 10.5. The summed E-state index contributed by atoms with van der Waals surface area (Å²) >= 11 is 0. The number of unbranched alkanes of at least 4 members (excludes halogenated alkanes) is 1. The molecule has 72 valence electrons. The topological polar surface area (TPSA) is 70.3 Å². The van der Waals surface area contributed by atoms with Gasteiger partial charge in [-0.15, -0.1) is 5.26 Å². The molecule has 0 rings (SSSR count). The van der Waals surface area contributed by atoms with E-state index in [1.54, 1.807) is 0 Å². The summed E-state index contributed by atoms with van der Waals surface area (Å²) < 4.78 is 4.57. The maximum absolute atomic E-state index is 10.5. The van der Waals surface area contributed by atoms with Crippen molar-refractivity contribution >= 4 is 5.97 Å². The molecule has 0 saturated carbocycles. The number of ether oxygens (including phenoxy) is 1. The first-order valence-corrected chi connectivity index (χ1v) is 4.12. The smallest absolute Gasteiger partial charge is 0.334 e. The fourth-order valence-corrected chi connectivity index (χ4v) is 0.827. The molecule has 0 aliphatic rings. The second-order valence-corrected chi connectivity index (χ2v) is 2.65. The molecule has 0 bridgehead atoms. The highest BCUT2D eigenvalue weighted by molar-refractivity contribution is 5.86. The zero-order valence-electron chi connectivity index (χ0n) is 7.83. The number of aliphatic carboxylic acids is 1. The van der Waals surface area contributed by atoms with Crippen LogP contribution in [-0.2, 0) is 9.53 Å². The average molecular weight is 183 g/mol. The van der Waals surface area contributed by atoms with E-state index in [4.69, 9.17) is 10.4 Å². The van der Waals surface area contributed by atoms with Gasteiger partial charge in [0.05, 0.1) is 5.57 Å². The maximum Gasteiger partial charge on any atom is 0.334 e. The zero-order chi connectivity index (χ0) is 10.3. The third kappa shape index (κ3) is 4.16. The number of allylic oxidation sites excluding steroid dienone is 1.